The first-order valence-corrected chi connectivity index (χ1v) is 12.3. The summed E-state index contributed by atoms with van der Waals surface area (Å²) in [5.41, 5.74) is 0.503. The number of nitro groups is 1. The summed E-state index contributed by atoms with van der Waals surface area (Å²) in [5.74, 6) is 0.291. The first-order valence-electron chi connectivity index (χ1n) is 9.99. The molecule has 1 atom stereocenters. The number of amides is 1. The summed E-state index contributed by atoms with van der Waals surface area (Å²) in [7, 11) is -3.53. The summed E-state index contributed by atoms with van der Waals surface area (Å²) < 4.78 is 27.1. The lowest BCUT2D eigenvalue weighted by atomic mass is 10.0. The number of piperidine rings is 1. The molecule has 8 nitrogen and oxygen atoms in total. The molecule has 1 N–H and O–H groups in total. The SMILES string of the molecule is CC1CCN(S(=O)(=O)c2ccc(NC(=O)C(C)Sc3ccc([N+](=O)[O-])cc3)cc2)CC1. The molecule has 1 unspecified atom stereocenters. The highest BCUT2D eigenvalue weighted by Crippen LogP contribution is 2.27. The lowest BCUT2D eigenvalue weighted by molar-refractivity contribution is -0.384. The zero-order valence-corrected chi connectivity index (χ0v) is 19.0. The molecule has 0 spiro atoms. The molecule has 1 amide bonds. The van der Waals surface area contributed by atoms with Gasteiger partial charge in [-0.3, -0.25) is 14.9 Å². The summed E-state index contributed by atoms with van der Waals surface area (Å²) in [4.78, 5) is 23.7. The Morgan fingerprint density at radius 3 is 2.26 bits per heavy atom. The van der Waals surface area contributed by atoms with Crippen LogP contribution in [0.1, 0.15) is 26.7 Å². The molecule has 0 radical (unpaired) electrons. The van der Waals surface area contributed by atoms with Crippen molar-refractivity contribution in [2.24, 2.45) is 5.92 Å². The Morgan fingerprint density at radius 2 is 1.71 bits per heavy atom. The fourth-order valence-corrected chi connectivity index (χ4v) is 5.57. The molecule has 166 valence electrons. The van der Waals surface area contributed by atoms with Gasteiger partial charge in [-0.1, -0.05) is 6.92 Å². The van der Waals surface area contributed by atoms with Crippen LogP contribution in [0, 0.1) is 16.0 Å². The molecule has 0 bridgehead atoms. The smallest absolute Gasteiger partial charge is 0.269 e. The van der Waals surface area contributed by atoms with Crippen molar-refractivity contribution >= 4 is 39.1 Å². The Balaban J connectivity index is 1.59. The van der Waals surface area contributed by atoms with Crippen LogP contribution in [0.5, 0.6) is 0 Å². The number of non-ortho nitro benzene ring substituents is 1. The average Bonchev–Trinajstić information content (AvgIpc) is 2.74. The lowest BCUT2D eigenvalue weighted by Crippen LogP contribution is -2.37. The summed E-state index contributed by atoms with van der Waals surface area (Å²) in [6.07, 6.45) is 1.72. The van der Waals surface area contributed by atoms with Crippen molar-refractivity contribution in [3.63, 3.8) is 0 Å². The van der Waals surface area contributed by atoms with Gasteiger partial charge >= 0.3 is 0 Å². The van der Waals surface area contributed by atoms with E-state index in [1.54, 1.807) is 31.2 Å². The Hall–Kier alpha value is -2.43. The van der Waals surface area contributed by atoms with Crippen LogP contribution in [0.2, 0.25) is 0 Å². The first-order chi connectivity index (χ1) is 14.7. The van der Waals surface area contributed by atoms with Gasteiger partial charge in [0.15, 0.2) is 0 Å². The second-order valence-electron chi connectivity index (χ2n) is 7.61. The van der Waals surface area contributed by atoms with Crippen LogP contribution in [-0.2, 0) is 14.8 Å². The van der Waals surface area contributed by atoms with Gasteiger partial charge < -0.3 is 5.32 Å². The Bertz CT molecular complexity index is 1030. The van der Waals surface area contributed by atoms with Crippen molar-refractivity contribution in [2.45, 2.75) is 41.7 Å². The predicted molar refractivity (Wildman–Crippen MR) is 121 cm³/mol. The molecule has 31 heavy (non-hydrogen) atoms. The third-order valence-corrected chi connectivity index (χ3v) is 8.26. The molecule has 1 saturated heterocycles. The topological polar surface area (TPSA) is 110 Å². The van der Waals surface area contributed by atoms with E-state index in [0.717, 1.165) is 17.7 Å². The maximum absolute atomic E-state index is 12.8. The fourth-order valence-electron chi connectivity index (χ4n) is 3.23. The minimum absolute atomic E-state index is 0.00411. The molecule has 2 aromatic rings. The van der Waals surface area contributed by atoms with Gasteiger partial charge in [0.25, 0.3) is 5.69 Å². The fraction of sp³-hybridized carbons (Fsp3) is 0.381. The number of rotatable bonds is 7. The molecule has 2 aromatic carbocycles. The molecular weight excluding hydrogens is 438 g/mol. The van der Waals surface area contributed by atoms with Crippen LogP contribution < -0.4 is 5.32 Å². The quantitative estimate of drug-likeness (QED) is 0.375. The van der Waals surface area contributed by atoms with Crippen molar-refractivity contribution in [1.82, 2.24) is 4.31 Å². The normalized spacial score (nSPS) is 16.6. The number of nitro benzene ring substituents is 1. The van der Waals surface area contributed by atoms with E-state index < -0.39 is 20.2 Å². The average molecular weight is 464 g/mol. The Labute approximate surface area is 186 Å². The summed E-state index contributed by atoms with van der Waals surface area (Å²) in [5, 5.41) is 13.1. The van der Waals surface area contributed by atoms with Crippen LogP contribution in [0.25, 0.3) is 0 Å². The van der Waals surface area contributed by atoms with E-state index in [1.807, 2.05) is 0 Å². The van der Waals surface area contributed by atoms with Crippen LogP contribution in [0.15, 0.2) is 58.3 Å². The predicted octanol–water partition coefficient (Wildman–Crippen LogP) is 4.13. The number of sulfonamides is 1. The highest BCUT2D eigenvalue weighted by Gasteiger charge is 2.28. The standard InChI is InChI=1S/C21H25N3O5S2/c1-15-11-13-23(14-12-15)31(28,29)20-9-3-17(4-10-20)22-21(25)16(2)30-19-7-5-18(6-8-19)24(26)27/h3-10,15-16H,11-14H2,1-2H3,(H,22,25). The summed E-state index contributed by atoms with van der Waals surface area (Å²) in [6, 6.07) is 12.2. The van der Waals surface area contributed by atoms with E-state index in [1.165, 1.54) is 40.3 Å². The van der Waals surface area contributed by atoms with Crippen molar-refractivity contribution in [2.75, 3.05) is 18.4 Å². The number of nitrogens with zero attached hydrogens (tertiary/aromatic N) is 2. The number of nitrogens with one attached hydrogen (secondary N) is 1. The molecular formula is C21H25N3O5S2. The van der Waals surface area contributed by atoms with E-state index in [9.17, 15) is 23.3 Å². The molecule has 1 aliphatic rings. The monoisotopic (exact) mass is 463 g/mol. The first kappa shape index (κ1) is 23.2. The van der Waals surface area contributed by atoms with Crippen molar-refractivity contribution < 1.29 is 18.1 Å². The minimum atomic E-state index is -3.53. The maximum atomic E-state index is 12.8. The second kappa shape index (κ2) is 9.80. The van der Waals surface area contributed by atoms with E-state index in [0.29, 0.717) is 24.7 Å². The third kappa shape index (κ3) is 5.84. The van der Waals surface area contributed by atoms with E-state index in [4.69, 9.17) is 0 Å². The van der Waals surface area contributed by atoms with Gasteiger partial charge in [-0.2, -0.15) is 4.31 Å². The van der Waals surface area contributed by atoms with Gasteiger partial charge in [0.05, 0.1) is 15.1 Å². The van der Waals surface area contributed by atoms with Crippen molar-refractivity contribution in [1.29, 1.82) is 0 Å². The van der Waals surface area contributed by atoms with Crippen LogP contribution >= 0.6 is 11.8 Å². The molecule has 1 fully saturated rings. The number of carbonyl (C=O) groups is 1. The van der Waals surface area contributed by atoms with E-state index in [2.05, 4.69) is 12.2 Å². The molecule has 10 heteroatoms. The lowest BCUT2D eigenvalue weighted by Gasteiger charge is -2.29. The zero-order chi connectivity index (χ0) is 22.6. The van der Waals surface area contributed by atoms with Crippen molar-refractivity contribution in [3.8, 4) is 0 Å². The van der Waals surface area contributed by atoms with Gasteiger partial charge in [0, 0.05) is 35.8 Å². The van der Waals surface area contributed by atoms with Crippen LogP contribution in [0.4, 0.5) is 11.4 Å². The van der Waals surface area contributed by atoms with E-state index in [-0.39, 0.29) is 16.5 Å². The summed E-state index contributed by atoms with van der Waals surface area (Å²) >= 11 is 1.28. The molecule has 1 heterocycles. The molecule has 0 saturated carbocycles. The van der Waals surface area contributed by atoms with Gasteiger partial charge in [-0.25, -0.2) is 8.42 Å². The van der Waals surface area contributed by atoms with Crippen LogP contribution in [-0.4, -0.2) is 41.9 Å². The highest BCUT2D eigenvalue weighted by molar-refractivity contribution is 8.00. The summed E-state index contributed by atoms with van der Waals surface area (Å²) in [6.45, 7) is 4.92. The third-order valence-electron chi connectivity index (χ3n) is 5.23. The van der Waals surface area contributed by atoms with Gasteiger partial charge in [0.1, 0.15) is 0 Å². The van der Waals surface area contributed by atoms with Gasteiger partial charge in [-0.15, -0.1) is 11.8 Å². The molecule has 0 aromatic heterocycles. The number of hydrogen-bond donors (Lipinski definition) is 1. The number of thioether (sulfide) groups is 1. The number of carbonyl (C=O) groups excluding carboxylic acids is 1. The Kier molecular flexibility index (Phi) is 7.34. The molecule has 1 aliphatic heterocycles. The van der Waals surface area contributed by atoms with Gasteiger partial charge in [-0.05, 0) is 62.1 Å². The molecule has 3 rings (SSSR count). The number of anilines is 1. The Morgan fingerprint density at radius 1 is 1.13 bits per heavy atom. The number of hydrogen-bond acceptors (Lipinski definition) is 6. The second-order valence-corrected chi connectivity index (χ2v) is 11.0. The zero-order valence-electron chi connectivity index (χ0n) is 17.4. The maximum Gasteiger partial charge on any atom is 0.269 e. The largest absolute Gasteiger partial charge is 0.325 e. The highest BCUT2D eigenvalue weighted by atomic mass is 32.2. The number of benzene rings is 2. The van der Waals surface area contributed by atoms with E-state index >= 15 is 0 Å². The van der Waals surface area contributed by atoms with Crippen molar-refractivity contribution in [3.05, 3.63) is 58.6 Å². The minimum Gasteiger partial charge on any atom is -0.325 e. The van der Waals surface area contributed by atoms with Crippen LogP contribution in [0.3, 0.4) is 0 Å². The molecule has 0 aliphatic carbocycles. The van der Waals surface area contributed by atoms with Gasteiger partial charge in [0.2, 0.25) is 15.9 Å².